The van der Waals surface area contributed by atoms with Crippen molar-refractivity contribution >= 4 is 11.1 Å². The molecule has 1 aliphatic carbocycles. The summed E-state index contributed by atoms with van der Waals surface area (Å²) in [6.07, 6.45) is 10.6. The maximum absolute atomic E-state index is 14.9. The smallest absolute Gasteiger partial charge is 0.341 e. The van der Waals surface area contributed by atoms with E-state index in [-0.39, 0.29) is 22.8 Å². The van der Waals surface area contributed by atoms with Gasteiger partial charge in [0.1, 0.15) is 0 Å². The third-order valence-corrected chi connectivity index (χ3v) is 5.57. The molecule has 0 bridgehead atoms. The van der Waals surface area contributed by atoms with Gasteiger partial charge in [-0.15, -0.1) is 12.8 Å². The molecular formula is C21H16F6N2. The maximum Gasteiger partial charge on any atom is 0.380 e. The van der Waals surface area contributed by atoms with Gasteiger partial charge in [-0.3, -0.25) is 0 Å². The van der Waals surface area contributed by atoms with Crippen LogP contribution >= 0.6 is 0 Å². The predicted octanol–water partition coefficient (Wildman–Crippen LogP) is 4.77. The molecule has 1 aliphatic rings. The first kappa shape index (κ1) is 20.7. The third-order valence-electron chi connectivity index (χ3n) is 5.57. The number of nitrogens with zero attached hydrogens (tertiary/aromatic N) is 2. The van der Waals surface area contributed by atoms with Crippen molar-refractivity contribution in [2.24, 2.45) is 14.1 Å². The van der Waals surface area contributed by atoms with Crippen LogP contribution in [0.3, 0.4) is 0 Å². The molecule has 2 heterocycles. The van der Waals surface area contributed by atoms with Gasteiger partial charge in [0.2, 0.25) is 0 Å². The molecule has 0 saturated heterocycles. The molecule has 0 fully saturated rings. The van der Waals surface area contributed by atoms with E-state index in [9.17, 15) is 26.3 Å². The summed E-state index contributed by atoms with van der Waals surface area (Å²) in [5.41, 5.74) is -3.50. The summed E-state index contributed by atoms with van der Waals surface area (Å²) in [7, 11) is 2.86. The summed E-state index contributed by atoms with van der Waals surface area (Å²) in [5.74, 6) is -11.5. The monoisotopic (exact) mass is 410 g/mol. The zero-order valence-electron chi connectivity index (χ0n) is 16.0. The van der Waals surface area contributed by atoms with Gasteiger partial charge in [-0.2, -0.15) is 26.3 Å². The maximum atomic E-state index is 14.9. The van der Waals surface area contributed by atoms with Gasteiger partial charge in [0, 0.05) is 47.8 Å². The predicted molar refractivity (Wildman–Crippen MR) is 97.8 cm³/mol. The highest BCUT2D eigenvalue weighted by atomic mass is 19.3. The molecule has 2 aromatic rings. The molecule has 2 nitrogen and oxygen atoms in total. The summed E-state index contributed by atoms with van der Waals surface area (Å²) in [6, 6.07) is 2.08. The van der Waals surface area contributed by atoms with E-state index in [4.69, 9.17) is 12.8 Å². The Balaban J connectivity index is 2.53. The van der Waals surface area contributed by atoms with Crippen molar-refractivity contribution in [2.75, 3.05) is 0 Å². The van der Waals surface area contributed by atoms with Gasteiger partial charge in [-0.1, -0.05) is 11.8 Å². The third kappa shape index (κ3) is 2.35. The quantitative estimate of drug-likeness (QED) is 0.499. The highest BCUT2D eigenvalue weighted by molar-refractivity contribution is 6.02. The zero-order valence-corrected chi connectivity index (χ0v) is 16.0. The van der Waals surface area contributed by atoms with E-state index >= 15 is 0 Å². The van der Waals surface area contributed by atoms with E-state index in [2.05, 4.69) is 11.8 Å². The first-order chi connectivity index (χ1) is 13.3. The van der Waals surface area contributed by atoms with E-state index in [1.807, 2.05) is 0 Å². The minimum atomic E-state index is -5.64. The Morgan fingerprint density at radius 3 is 1.28 bits per heavy atom. The van der Waals surface area contributed by atoms with Crippen LogP contribution in [0.15, 0.2) is 12.1 Å². The summed E-state index contributed by atoms with van der Waals surface area (Å²) >= 11 is 0. The number of alkyl halides is 6. The second kappa shape index (κ2) is 6.00. The van der Waals surface area contributed by atoms with Gasteiger partial charge in [-0.25, -0.2) is 0 Å². The number of allylic oxidation sites excluding steroid dienone is 2. The summed E-state index contributed by atoms with van der Waals surface area (Å²) in [5, 5.41) is 0. The largest absolute Gasteiger partial charge is 0.380 e. The van der Waals surface area contributed by atoms with Gasteiger partial charge < -0.3 is 9.13 Å². The van der Waals surface area contributed by atoms with Crippen molar-refractivity contribution < 1.29 is 26.3 Å². The van der Waals surface area contributed by atoms with Crippen LogP contribution in [0.2, 0.25) is 0 Å². The second-order valence-corrected chi connectivity index (χ2v) is 6.94. The molecule has 0 unspecified atom stereocenters. The molecule has 0 atom stereocenters. The number of rotatable bonds is 2. The van der Waals surface area contributed by atoms with Crippen LogP contribution in [0.4, 0.5) is 26.3 Å². The summed E-state index contributed by atoms with van der Waals surface area (Å²) < 4.78 is 90.8. The molecule has 0 amide bonds. The van der Waals surface area contributed by atoms with Crippen molar-refractivity contribution in [3.05, 3.63) is 46.0 Å². The molecule has 8 heteroatoms. The van der Waals surface area contributed by atoms with Crippen LogP contribution < -0.4 is 0 Å². The first-order valence-corrected chi connectivity index (χ1v) is 8.40. The van der Waals surface area contributed by atoms with Crippen LogP contribution in [0.5, 0.6) is 0 Å². The molecule has 0 radical (unpaired) electrons. The van der Waals surface area contributed by atoms with Crippen molar-refractivity contribution in [2.45, 2.75) is 31.6 Å². The molecule has 0 aliphatic heterocycles. The van der Waals surface area contributed by atoms with Gasteiger partial charge in [-0.05, 0) is 26.0 Å². The number of aromatic nitrogens is 2. The molecule has 0 saturated carbocycles. The fourth-order valence-electron chi connectivity index (χ4n) is 3.61. The molecule has 2 aromatic heterocycles. The Morgan fingerprint density at radius 2 is 1.03 bits per heavy atom. The van der Waals surface area contributed by atoms with Crippen LogP contribution in [0, 0.1) is 38.5 Å². The SMILES string of the molecule is C#Cc1cc(C2=C(c3cc(C#C)n(C)c3C)C(F)(F)C(F)(F)C2(F)F)c(C)n1C. The second-order valence-electron chi connectivity index (χ2n) is 6.94. The lowest BCUT2D eigenvalue weighted by atomic mass is 9.95. The van der Waals surface area contributed by atoms with E-state index in [0.29, 0.717) is 0 Å². The molecule has 152 valence electrons. The van der Waals surface area contributed by atoms with Crippen molar-refractivity contribution in [1.82, 2.24) is 9.13 Å². The number of hydrogen-bond acceptors (Lipinski definition) is 0. The average Bonchev–Trinajstić information content (AvgIpc) is 3.12. The van der Waals surface area contributed by atoms with E-state index in [1.165, 1.54) is 37.1 Å². The Morgan fingerprint density at radius 1 is 0.724 bits per heavy atom. The lowest BCUT2D eigenvalue weighted by Gasteiger charge is -2.25. The molecular weight excluding hydrogens is 394 g/mol. The minimum absolute atomic E-state index is 0.0596. The number of halogens is 6. The minimum Gasteiger partial charge on any atom is -0.341 e. The Bertz CT molecular complexity index is 1060. The summed E-state index contributed by atoms with van der Waals surface area (Å²) in [6.45, 7) is 2.69. The highest BCUT2D eigenvalue weighted by Crippen LogP contribution is 2.65. The van der Waals surface area contributed by atoms with Crippen LogP contribution in [0.1, 0.15) is 33.9 Å². The molecule has 0 spiro atoms. The van der Waals surface area contributed by atoms with Crippen molar-refractivity contribution in [3.63, 3.8) is 0 Å². The van der Waals surface area contributed by atoms with Gasteiger partial charge in [0.25, 0.3) is 0 Å². The molecule has 29 heavy (non-hydrogen) atoms. The van der Waals surface area contributed by atoms with Crippen LogP contribution in [-0.4, -0.2) is 26.9 Å². The number of terminal acetylenes is 2. The normalized spacial score (nSPS) is 19.3. The fourth-order valence-corrected chi connectivity index (χ4v) is 3.61. The van der Waals surface area contributed by atoms with E-state index < -0.39 is 40.0 Å². The average molecular weight is 410 g/mol. The van der Waals surface area contributed by atoms with E-state index in [1.54, 1.807) is 0 Å². The topological polar surface area (TPSA) is 9.86 Å². The first-order valence-electron chi connectivity index (χ1n) is 8.40. The lowest BCUT2D eigenvalue weighted by molar-refractivity contribution is -0.254. The van der Waals surface area contributed by atoms with Gasteiger partial charge in [0.05, 0.1) is 11.4 Å². The summed E-state index contributed by atoms with van der Waals surface area (Å²) in [4.78, 5) is 0. The highest BCUT2D eigenvalue weighted by Gasteiger charge is 2.80. The van der Waals surface area contributed by atoms with Crippen molar-refractivity contribution in [1.29, 1.82) is 0 Å². The molecule has 3 rings (SSSR count). The standard InChI is InChI=1S/C21H16F6N2/c1-7-13-9-15(11(3)28(13)5)17-18(16-10-14(8-2)29(6)12(16)4)20(24,25)21(26,27)19(17,22)23/h1-2,9-10H,3-6H3. The van der Waals surface area contributed by atoms with Crippen LogP contribution in [-0.2, 0) is 14.1 Å². The lowest BCUT2D eigenvalue weighted by Crippen LogP contribution is -2.49. The number of hydrogen-bond donors (Lipinski definition) is 0. The Kier molecular flexibility index (Phi) is 4.29. The van der Waals surface area contributed by atoms with Gasteiger partial charge in [0.15, 0.2) is 0 Å². The van der Waals surface area contributed by atoms with Gasteiger partial charge >= 0.3 is 17.8 Å². The van der Waals surface area contributed by atoms with Crippen LogP contribution in [0.25, 0.3) is 11.1 Å². The zero-order chi connectivity index (χ0) is 22.1. The van der Waals surface area contributed by atoms with E-state index in [0.717, 1.165) is 12.1 Å². The molecule has 0 aromatic carbocycles. The Labute approximate surface area is 163 Å². The fraction of sp³-hybridized carbons (Fsp3) is 0.333. The molecule has 0 N–H and O–H groups in total. The Hall–Kier alpha value is -3.00. The van der Waals surface area contributed by atoms with Crippen molar-refractivity contribution in [3.8, 4) is 24.7 Å².